The summed E-state index contributed by atoms with van der Waals surface area (Å²) in [5, 5.41) is 0. The van der Waals surface area contributed by atoms with Crippen LogP contribution < -0.4 is 0 Å². The molecule has 0 N–H and O–H groups in total. The standard InChI is InChI=1S/C20H40/c1-7-19(4,5)20(6)14-12-10-8-9-11-13-17(2)15-18(3)16-20/h17-18H,7-16H2,1-6H3. The van der Waals surface area contributed by atoms with Gasteiger partial charge in [-0.1, -0.05) is 86.5 Å². The van der Waals surface area contributed by atoms with Gasteiger partial charge in [-0.25, -0.2) is 0 Å². The topological polar surface area (TPSA) is 0 Å². The van der Waals surface area contributed by atoms with E-state index in [9.17, 15) is 0 Å². The third-order valence-electron chi connectivity index (χ3n) is 6.55. The van der Waals surface area contributed by atoms with Gasteiger partial charge in [0.05, 0.1) is 0 Å². The molecule has 0 radical (unpaired) electrons. The maximum absolute atomic E-state index is 2.59. The first-order valence-corrected chi connectivity index (χ1v) is 9.31. The summed E-state index contributed by atoms with van der Waals surface area (Å²) in [6.07, 6.45) is 14.4. The average Bonchev–Trinajstić information content (AvgIpc) is 2.35. The molecular weight excluding hydrogens is 240 g/mol. The molecule has 0 heterocycles. The Balaban J connectivity index is 2.79. The minimum atomic E-state index is 0.481. The van der Waals surface area contributed by atoms with Gasteiger partial charge in [0, 0.05) is 0 Å². The van der Waals surface area contributed by atoms with E-state index in [1.165, 1.54) is 64.2 Å². The van der Waals surface area contributed by atoms with Crippen LogP contribution in [0.5, 0.6) is 0 Å². The predicted molar refractivity (Wildman–Crippen MR) is 92.1 cm³/mol. The summed E-state index contributed by atoms with van der Waals surface area (Å²) in [5.74, 6) is 1.82. The molecule has 1 aliphatic carbocycles. The van der Waals surface area contributed by atoms with Crippen molar-refractivity contribution in [2.75, 3.05) is 0 Å². The normalized spacial score (nSPS) is 35.1. The molecule has 0 spiro atoms. The van der Waals surface area contributed by atoms with Gasteiger partial charge in [-0.3, -0.25) is 0 Å². The summed E-state index contributed by atoms with van der Waals surface area (Å²) >= 11 is 0. The first kappa shape index (κ1) is 18.1. The molecule has 120 valence electrons. The van der Waals surface area contributed by atoms with Crippen molar-refractivity contribution >= 4 is 0 Å². The fourth-order valence-corrected chi connectivity index (χ4v) is 4.34. The molecule has 0 aromatic carbocycles. The van der Waals surface area contributed by atoms with Gasteiger partial charge in [0.25, 0.3) is 0 Å². The molecule has 0 saturated heterocycles. The van der Waals surface area contributed by atoms with Crippen molar-refractivity contribution < 1.29 is 0 Å². The Kier molecular flexibility index (Phi) is 7.09. The highest BCUT2D eigenvalue weighted by Gasteiger charge is 2.39. The Morgan fingerprint density at radius 1 is 0.950 bits per heavy atom. The summed E-state index contributed by atoms with van der Waals surface area (Å²) in [5.41, 5.74) is 1.01. The second-order valence-corrected chi connectivity index (χ2v) is 8.75. The molecule has 0 heteroatoms. The lowest BCUT2D eigenvalue weighted by molar-refractivity contribution is 0.0389. The van der Waals surface area contributed by atoms with Crippen molar-refractivity contribution in [1.82, 2.24) is 0 Å². The maximum atomic E-state index is 2.59. The third-order valence-corrected chi connectivity index (χ3v) is 6.55. The minimum absolute atomic E-state index is 0.481. The Morgan fingerprint density at radius 2 is 1.55 bits per heavy atom. The molecule has 20 heavy (non-hydrogen) atoms. The molecule has 0 aromatic heterocycles. The van der Waals surface area contributed by atoms with E-state index in [0.717, 1.165) is 11.8 Å². The Labute approximate surface area is 129 Å². The lowest BCUT2D eigenvalue weighted by atomic mass is 9.59. The first-order valence-electron chi connectivity index (χ1n) is 9.31. The van der Waals surface area contributed by atoms with E-state index in [1.54, 1.807) is 0 Å². The van der Waals surface area contributed by atoms with E-state index < -0.39 is 0 Å². The zero-order valence-corrected chi connectivity index (χ0v) is 15.2. The van der Waals surface area contributed by atoms with Crippen molar-refractivity contribution in [2.24, 2.45) is 22.7 Å². The van der Waals surface area contributed by atoms with Crippen LogP contribution in [0.4, 0.5) is 0 Å². The lowest BCUT2D eigenvalue weighted by Crippen LogP contribution is -2.36. The van der Waals surface area contributed by atoms with Crippen LogP contribution in [0.2, 0.25) is 0 Å². The van der Waals surface area contributed by atoms with Crippen LogP contribution in [-0.2, 0) is 0 Å². The molecule has 1 fully saturated rings. The van der Waals surface area contributed by atoms with Crippen molar-refractivity contribution in [1.29, 1.82) is 0 Å². The van der Waals surface area contributed by atoms with E-state index in [2.05, 4.69) is 41.5 Å². The molecule has 1 rings (SSSR count). The van der Waals surface area contributed by atoms with Crippen molar-refractivity contribution in [2.45, 2.75) is 106 Å². The zero-order chi connectivity index (χ0) is 15.2. The number of rotatable bonds is 2. The van der Waals surface area contributed by atoms with Gasteiger partial charge in [-0.2, -0.15) is 0 Å². The maximum Gasteiger partial charge on any atom is -0.0272 e. The van der Waals surface area contributed by atoms with E-state index in [4.69, 9.17) is 0 Å². The van der Waals surface area contributed by atoms with Crippen molar-refractivity contribution in [3.05, 3.63) is 0 Å². The molecule has 0 aliphatic heterocycles. The van der Waals surface area contributed by atoms with Crippen LogP contribution in [0.15, 0.2) is 0 Å². The van der Waals surface area contributed by atoms with Crippen LogP contribution in [-0.4, -0.2) is 0 Å². The van der Waals surface area contributed by atoms with E-state index >= 15 is 0 Å². The highest BCUT2D eigenvalue weighted by molar-refractivity contribution is 4.90. The van der Waals surface area contributed by atoms with Gasteiger partial charge < -0.3 is 0 Å². The summed E-state index contributed by atoms with van der Waals surface area (Å²) < 4.78 is 0. The average molecular weight is 281 g/mol. The first-order chi connectivity index (χ1) is 9.31. The molecule has 0 aromatic rings. The largest absolute Gasteiger partial charge is 0.0649 e. The van der Waals surface area contributed by atoms with Crippen LogP contribution in [0.1, 0.15) is 106 Å². The van der Waals surface area contributed by atoms with Gasteiger partial charge in [-0.05, 0) is 41.9 Å². The van der Waals surface area contributed by atoms with Crippen molar-refractivity contribution in [3.63, 3.8) is 0 Å². The molecular formula is C20H40. The fraction of sp³-hybridized carbons (Fsp3) is 1.00. The molecule has 0 bridgehead atoms. The summed E-state index contributed by atoms with van der Waals surface area (Å²) in [6.45, 7) is 15.0. The molecule has 0 nitrogen and oxygen atoms in total. The lowest BCUT2D eigenvalue weighted by Gasteiger charge is -2.46. The monoisotopic (exact) mass is 280 g/mol. The molecule has 1 saturated carbocycles. The van der Waals surface area contributed by atoms with Crippen LogP contribution in [0.3, 0.4) is 0 Å². The predicted octanol–water partition coefficient (Wildman–Crippen LogP) is 7.23. The smallest absolute Gasteiger partial charge is 0.0272 e. The van der Waals surface area contributed by atoms with Crippen molar-refractivity contribution in [3.8, 4) is 0 Å². The highest BCUT2D eigenvalue weighted by atomic mass is 14.4. The molecule has 3 atom stereocenters. The Bertz CT molecular complexity index is 265. The van der Waals surface area contributed by atoms with E-state index in [0.29, 0.717) is 10.8 Å². The Morgan fingerprint density at radius 3 is 2.20 bits per heavy atom. The highest BCUT2D eigenvalue weighted by Crippen LogP contribution is 2.50. The minimum Gasteiger partial charge on any atom is -0.0649 e. The fourth-order valence-electron chi connectivity index (χ4n) is 4.34. The van der Waals surface area contributed by atoms with Gasteiger partial charge in [-0.15, -0.1) is 0 Å². The van der Waals surface area contributed by atoms with E-state index in [-0.39, 0.29) is 0 Å². The van der Waals surface area contributed by atoms with Crippen LogP contribution >= 0.6 is 0 Å². The number of hydrogen-bond acceptors (Lipinski definition) is 0. The Hall–Kier alpha value is 0. The third kappa shape index (κ3) is 5.08. The SMILES string of the molecule is CCC(C)(C)C1(C)CCCCCCCC(C)CC(C)C1. The quantitative estimate of drug-likeness (QED) is 0.500. The van der Waals surface area contributed by atoms with Crippen LogP contribution in [0.25, 0.3) is 0 Å². The molecule has 1 aliphatic rings. The molecule has 0 amide bonds. The van der Waals surface area contributed by atoms with Gasteiger partial charge in [0.1, 0.15) is 0 Å². The number of hydrogen-bond donors (Lipinski definition) is 0. The summed E-state index contributed by atoms with van der Waals surface area (Å²) in [7, 11) is 0. The summed E-state index contributed by atoms with van der Waals surface area (Å²) in [6, 6.07) is 0. The van der Waals surface area contributed by atoms with Gasteiger partial charge in [0.2, 0.25) is 0 Å². The van der Waals surface area contributed by atoms with Crippen LogP contribution in [0, 0.1) is 22.7 Å². The zero-order valence-electron chi connectivity index (χ0n) is 15.2. The second-order valence-electron chi connectivity index (χ2n) is 8.75. The van der Waals surface area contributed by atoms with Gasteiger partial charge >= 0.3 is 0 Å². The van der Waals surface area contributed by atoms with Gasteiger partial charge in [0.15, 0.2) is 0 Å². The molecule has 3 unspecified atom stereocenters. The summed E-state index contributed by atoms with van der Waals surface area (Å²) in [4.78, 5) is 0. The second kappa shape index (κ2) is 7.85. The van der Waals surface area contributed by atoms with E-state index in [1.807, 2.05) is 0 Å².